The summed E-state index contributed by atoms with van der Waals surface area (Å²) >= 11 is 0. The van der Waals surface area contributed by atoms with Crippen LogP contribution in [0.15, 0.2) is 35.4 Å². The van der Waals surface area contributed by atoms with Crippen LogP contribution in [-0.2, 0) is 14.3 Å². The molecule has 1 aromatic rings. The lowest BCUT2D eigenvalue weighted by Crippen LogP contribution is -2.39. The van der Waals surface area contributed by atoms with Crippen LogP contribution in [0.3, 0.4) is 0 Å². The zero-order valence-corrected chi connectivity index (χ0v) is 12.0. The van der Waals surface area contributed by atoms with Crippen molar-refractivity contribution < 1.29 is 19.1 Å². The van der Waals surface area contributed by atoms with Crippen molar-refractivity contribution in [2.24, 2.45) is 17.0 Å². The van der Waals surface area contributed by atoms with E-state index in [1.165, 1.54) is 6.92 Å². The first-order valence-electron chi connectivity index (χ1n) is 7.09. The number of rotatable bonds is 4. The maximum atomic E-state index is 12.2. The van der Waals surface area contributed by atoms with Gasteiger partial charge in [-0.05, 0) is 30.0 Å². The molecule has 0 aromatic heterocycles. The number of esters is 2. The summed E-state index contributed by atoms with van der Waals surface area (Å²) in [5, 5.41) is 3.72. The number of benzene rings is 1. The first-order valence-corrected chi connectivity index (χ1v) is 7.09. The number of carbonyl (C=O) groups is 2. The largest absolute Gasteiger partial charge is 0.458 e. The zero-order chi connectivity index (χ0) is 15.7. The van der Waals surface area contributed by atoms with Gasteiger partial charge in [0, 0.05) is 17.8 Å². The second-order valence-electron chi connectivity index (χ2n) is 5.57. The highest BCUT2D eigenvalue weighted by atomic mass is 16.6. The first-order chi connectivity index (χ1) is 10.6. The molecule has 0 unspecified atom stereocenters. The van der Waals surface area contributed by atoms with Crippen molar-refractivity contribution in [1.29, 1.82) is 0 Å². The van der Waals surface area contributed by atoms with E-state index in [2.05, 4.69) is 10.0 Å². The highest BCUT2D eigenvalue weighted by molar-refractivity contribution is 5.89. The van der Waals surface area contributed by atoms with Crippen LogP contribution in [0.2, 0.25) is 0 Å². The summed E-state index contributed by atoms with van der Waals surface area (Å²) in [4.78, 5) is 26.3. The Labute approximate surface area is 126 Å². The summed E-state index contributed by atoms with van der Waals surface area (Å²) < 4.78 is 10.8. The average Bonchev–Trinajstić information content (AvgIpc) is 3.24. The lowest BCUT2D eigenvalue weighted by molar-refractivity contribution is -0.153. The van der Waals surface area contributed by atoms with Gasteiger partial charge in [-0.25, -0.2) is 4.79 Å². The van der Waals surface area contributed by atoms with Gasteiger partial charge in [0.05, 0.1) is 11.6 Å². The molecule has 0 aliphatic heterocycles. The van der Waals surface area contributed by atoms with Crippen LogP contribution in [0.25, 0.3) is 10.4 Å². The van der Waals surface area contributed by atoms with Crippen LogP contribution in [0.5, 0.6) is 0 Å². The Kier molecular flexibility index (Phi) is 3.73. The molecular formula is C15H15N3O4. The van der Waals surface area contributed by atoms with E-state index in [0.29, 0.717) is 5.56 Å². The molecule has 2 saturated carbocycles. The molecule has 7 heteroatoms. The van der Waals surface area contributed by atoms with Crippen LogP contribution in [0.1, 0.15) is 23.7 Å². The Morgan fingerprint density at radius 3 is 2.55 bits per heavy atom. The van der Waals surface area contributed by atoms with E-state index in [1.54, 1.807) is 24.3 Å². The summed E-state index contributed by atoms with van der Waals surface area (Å²) in [6.07, 6.45) is -0.448. The van der Waals surface area contributed by atoms with E-state index in [1.807, 2.05) is 6.07 Å². The molecule has 1 aromatic carbocycles. The average molecular weight is 301 g/mol. The van der Waals surface area contributed by atoms with E-state index in [4.69, 9.17) is 15.0 Å². The zero-order valence-electron chi connectivity index (χ0n) is 12.0. The van der Waals surface area contributed by atoms with E-state index < -0.39 is 30.2 Å². The Balaban J connectivity index is 1.78. The second kappa shape index (κ2) is 5.69. The lowest BCUT2D eigenvalue weighted by atomic mass is 10.1. The van der Waals surface area contributed by atoms with Gasteiger partial charge in [0.15, 0.2) is 0 Å². The molecule has 0 saturated heterocycles. The SMILES string of the molecule is CC(=O)O[C@@H]1[C@H](N=[N+]=[N-])[C@H]2C[C@H]2[C@@H]1OC(=O)c1ccccc1. The summed E-state index contributed by atoms with van der Waals surface area (Å²) in [6, 6.07) is 8.16. The Hall–Kier alpha value is -2.53. The maximum Gasteiger partial charge on any atom is 0.338 e. The highest BCUT2D eigenvalue weighted by Crippen LogP contribution is 2.55. The number of hydrogen-bond donors (Lipinski definition) is 0. The van der Waals surface area contributed by atoms with Gasteiger partial charge in [-0.1, -0.05) is 23.3 Å². The fraction of sp³-hybridized carbons (Fsp3) is 0.467. The quantitative estimate of drug-likeness (QED) is 0.369. The summed E-state index contributed by atoms with van der Waals surface area (Å²) in [5.41, 5.74) is 9.11. The Morgan fingerprint density at radius 2 is 1.91 bits per heavy atom. The molecule has 0 radical (unpaired) electrons. The normalized spacial score (nSPS) is 31.6. The van der Waals surface area contributed by atoms with Gasteiger partial charge in [-0.15, -0.1) is 0 Å². The molecule has 114 valence electrons. The molecule has 0 spiro atoms. The van der Waals surface area contributed by atoms with E-state index >= 15 is 0 Å². The van der Waals surface area contributed by atoms with Crippen LogP contribution in [0.4, 0.5) is 0 Å². The van der Waals surface area contributed by atoms with Gasteiger partial charge in [0.2, 0.25) is 0 Å². The third-order valence-electron chi connectivity index (χ3n) is 4.15. The predicted octanol–water partition coefficient (Wildman–Crippen LogP) is 2.47. The van der Waals surface area contributed by atoms with Gasteiger partial charge < -0.3 is 9.47 Å². The van der Waals surface area contributed by atoms with E-state index in [-0.39, 0.29) is 11.8 Å². The third-order valence-corrected chi connectivity index (χ3v) is 4.15. The van der Waals surface area contributed by atoms with Gasteiger partial charge in [-0.2, -0.15) is 0 Å². The molecular weight excluding hydrogens is 286 g/mol. The molecule has 5 atom stereocenters. The fourth-order valence-electron chi connectivity index (χ4n) is 3.15. The van der Waals surface area contributed by atoms with E-state index in [9.17, 15) is 9.59 Å². The molecule has 2 aliphatic carbocycles. The van der Waals surface area contributed by atoms with Gasteiger partial charge in [0.1, 0.15) is 12.2 Å². The molecule has 2 aliphatic rings. The van der Waals surface area contributed by atoms with Gasteiger partial charge in [-0.3, -0.25) is 4.79 Å². The molecule has 0 heterocycles. The van der Waals surface area contributed by atoms with Crippen LogP contribution in [0, 0.1) is 11.8 Å². The van der Waals surface area contributed by atoms with Crippen molar-refractivity contribution in [3.05, 3.63) is 46.3 Å². The summed E-state index contributed by atoms with van der Waals surface area (Å²) in [7, 11) is 0. The fourth-order valence-corrected chi connectivity index (χ4v) is 3.15. The molecule has 2 fully saturated rings. The van der Waals surface area contributed by atoms with Crippen molar-refractivity contribution in [3.63, 3.8) is 0 Å². The van der Waals surface area contributed by atoms with Crippen molar-refractivity contribution in [2.75, 3.05) is 0 Å². The molecule has 7 nitrogen and oxygen atoms in total. The molecule has 0 amide bonds. The number of ether oxygens (including phenoxy) is 2. The first kappa shape index (κ1) is 14.4. The monoisotopic (exact) mass is 301 g/mol. The lowest BCUT2D eigenvalue weighted by Gasteiger charge is -2.25. The predicted molar refractivity (Wildman–Crippen MR) is 75.7 cm³/mol. The van der Waals surface area contributed by atoms with Crippen molar-refractivity contribution >= 4 is 11.9 Å². The van der Waals surface area contributed by atoms with E-state index in [0.717, 1.165) is 6.42 Å². The maximum absolute atomic E-state index is 12.2. The number of azide groups is 1. The summed E-state index contributed by atoms with van der Waals surface area (Å²) in [5.74, 6) is -0.735. The minimum atomic E-state index is -0.704. The Bertz CT molecular complexity index is 641. The number of fused-ring (bicyclic) bond motifs is 1. The minimum Gasteiger partial charge on any atom is -0.458 e. The van der Waals surface area contributed by atoms with Crippen LogP contribution >= 0.6 is 0 Å². The molecule has 0 bridgehead atoms. The van der Waals surface area contributed by atoms with Gasteiger partial charge in [0.25, 0.3) is 0 Å². The molecule has 0 N–H and O–H groups in total. The minimum absolute atomic E-state index is 0.0903. The Morgan fingerprint density at radius 1 is 1.18 bits per heavy atom. The smallest absolute Gasteiger partial charge is 0.338 e. The number of nitrogens with zero attached hydrogens (tertiary/aromatic N) is 3. The summed E-state index contributed by atoms with van der Waals surface area (Å²) in [6.45, 7) is 1.28. The van der Waals surface area contributed by atoms with Crippen molar-refractivity contribution in [2.45, 2.75) is 31.6 Å². The van der Waals surface area contributed by atoms with Crippen molar-refractivity contribution in [1.82, 2.24) is 0 Å². The molecule has 3 rings (SSSR count). The van der Waals surface area contributed by atoms with Crippen LogP contribution < -0.4 is 0 Å². The standard InChI is InChI=1S/C15H15N3O4/c1-8(19)21-14-12(17-18-16)10-7-11(10)13(14)22-15(20)9-5-3-2-4-6-9/h2-6,10-14H,7H2,1H3/t10-,11+,12+,13-,14+/m0/s1. The van der Waals surface area contributed by atoms with Gasteiger partial charge >= 0.3 is 11.9 Å². The second-order valence-corrected chi connectivity index (χ2v) is 5.57. The third kappa shape index (κ3) is 2.63. The molecule has 22 heavy (non-hydrogen) atoms. The van der Waals surface area contributed by atoms with Crippen LogP contribution in [-0.4, -0.2) is 30.2 Å². The number of carbonyl (C=O) groups excluding carboxylic acids is 2. The van der Waals surface area contributed by atoms with Crippen molar-refractivity contribution in [3.8, 4) is 0 Å². The topological polar surface area (TPSA) is 101 Å². The number of hydrogen-bond acceptors (Lipinski definition) is 5. The highest BCUT2D eigenvalue weighted by Gasteiger charge is 2.63.